The van der Waals surface area contributed by atoms with Crippen molar-refractivity contribution in [2.75, 3.05) is 13.2 Å². The lowest BCUT2D eigenvalue weighted by Gasteiger charge is -2.22. The van der Waals surface area contributed by atoms with Crippen molar-refractivity contribution in [1.82, 2.24) is 4.90 Å². The van der Waals surface area contributed by atoms with Crippen LogP contribution in [0.3, 0.4) is 0 Å². The van der Waals surface area contributed by atoms with Gasteiger partial charge in [-0.1, -0.05) is 0 Å². The lowest BCUT2D eigenvalue weighted by atomic mass is 10.2. The molecule has 0 aliphatic carbocycles. The van der Waals surface area contributed by atoms with E-state index in [1.165, 1.54) is 9.40 Å². The smallest absolute Gasteiger partial charge is 0.264 e. The predicted molar refractivity (Wildman–Crippen MR) is 70.8 cm³/mol. The van der Waals surface area contributed by atoms with Crippen LogP contribution in [-0.4, -0.2) is 35.1 Å². The molecule has 1 aliphatic rings. The van der Waals surface area contributed by atoms with Crippen LogP contribution in [0.2, 0.25) is 0 Å². The van der Waals surface area contributed by atoms with E-state index in [-0.39, 0.29) is 18.6 Å². The summed E-state index contributed by atoms with van der Waals surface area (Å²) in [5.74, 6) is 0.0787. The number of aliphatic hydroxyl groups is 1. The number of fused-ring (bicyclic) bond motifs is 1. The Morgan fingerprint density at radius 3 is 3.18 bits per heavy atom. The van der Waals surface area contributed by atoms with Gasteiger partial charge in [-0.25, -0.2) is 0 Å². The second kappa shape index (κ2) is 4.40. The molecule has 90 valence electrons. The van der Waals surface area contributed by atoms with Crippen LogP contribution in [0.4, 0.5) is 0 Å². The van der Waals surface area contributed by atoms with Crippen LogP contribution in [-0.2, 0) is 0 Å². The van der Waals surface area contributed by atoms with Gasteiger partial charge in [0.05, 0.1) is 17.5 Å². The molecule has 1 saturated heterocycles. The van der Waals surface area contributed by atoms with E-state index in [4.69, 9.17) is 0 Å². The number of hydrogen-bond acceptors (Lipinski definition) is 4. The number of carbonyl (C=O) groups excluding carboxylic acids is 1. The number of amides is 1. The average Bonchev–Trinajstić information content (AvgIpc) is 3.02. The Morgan fingerprint density at radius 2 is 2.41 bits per heavy atom. The molecule has 1 aliphatic heterocycles. The molecule has 2 aromatic heterocycles. The van der Waals surface area contributed by atoms with E-state index in [0.717, 1.165) is 24.3 Å². The van der Waals surface area contributed by atoms with Gasteiger partial charge in [-0.2, -0.15) is 0 Å². The highest BCUT2D eigenvalue weighted by molar-refractivity contribution is 7.27. The van der Waals surface area contributed by atoms with E-state index < -0.39 is 0 Å². The molecule has 3 rings (SSSR count). The van der Waals surface area contributed by atoms with Crippen molar-refractivity contribution in [3.05, 3.63) is 22.4 Å². The first-order valence-electron chi connectivity index (χ1n) is 5.68. The molecule has 1 N–H and O–H groups in total. The Labute approximate surface area is 107 Å². The summed E-state index contributed by atoms with van der Waals surface area (Å²) in [6.45, 7) is 0.848. The van der Waals surface area contributed by atoms with Gasteiger partial charge in [-0.15, -0.1) is 22.7 Å². The summed E-state index contributed by atoms with van der Waals surface area (Å²) in [7, 11) is 0. The van der Waals surface area contributed by atoms with Crippen LogP contribution in [0.25, 0.3) is 9.40 Å². The second-order valence-electron chi connectivity index (χ2n) is 4.24. The maximum Gasteiger partial charge on any atom is 0.264 e. The van der Waals surface area contributed by atoms with Gasteiger partial charge in [0.25, 0.3) is 5.91 Å². The molecule has 17 heavy (non-hydrogen) atoms. The zero-order chi connectivity index (χ0) is 11.8. The summed E-state index contributed by atoms with van der Waals surface area (Å²) < 4.78 is 2.36. The lowest BCUT2D eigenvalue weighted by Crippen LogP contribution is -2.37. The molecule has 3 nitrogen and oxygen atoms in total. The van der Waals surface area contributed by atoms with Crippen LogP contribution in [0, 0.1) is 0 Å². The number of thiophene rings is 2. The zero-order valence-corrected chi connectivity index (χ0v) is 10.9. The highest BCUT2D eigenvalue weighted by Crippen LogP contribution is 2.32. The molecule has 5 heteroatoms. The van der Waals surface area contributed by atoms with Gasteiger partial charge >= 0.3 is 0 Å². The van der Waals surface area contributed by atoms with Gasteiger partial charge in [0.1, 0.15) is 0 Å². The maximum atomic E-state index is 12.3. The fourth-order valence-corrected chi connectivity index (χ4v) is 4.37. The van der Waals surface area contributed by atoms with Gasteiger partial charge in [-0.3, -0.25) is 4.79 Å². The van der Waals surface area contributed by atoms with Gasteiger partial charge in [0.15, 0.2) is 0 Å². The Morgan fingerprint density at radius 1 is 1.53 bits per heavy atom. The molecule has 0 radical (unpaired) electrons. The van der Waals surface area contributed by atoms with Crippen molar-refractivity contribution < 1.29 is 9.90 Å². The highest BCUT2D eigenvalue weighted by Gasteiger charge is 2.29. The largest absolute Gasteiger partial charge is 0.394 e. The predicted octanol–water partition coefficient (Wildman–Crippen LogP) is 2.56. The van der Waals surface area contributed by atoms with Crippen molar-refractivity contribution in [1.29, 1.82) is 0 Å². The summed E-state index contributed by atoms with van der Waals surface area (Å²) in [4.78, 5) is 14.9. The van der Waals surface area contributed by atoms with Crippen molar-refractivity contribution in [2.24, 2.45) is 0 Å². The second-order valence-corrected chi connectivity index (χ2v) is 6.27. The fourth-order valence-electron chi connectivity index (χ4n) is 2.31. The van der Waals surface area contributed by atoms with E-state index in [1.54, 1.807) is 22.7 Å². The van der Waals surface area contributed by atoms with Gasteiger partial charge < -0.3 is 10.0 Å². The first kappa shape index (κ1) is 11.2. The van der Waals surface area contributed by atoms with Crippen LogP contribution >= 0.6 is 22.7 Å². The van der Waals surface area contributed by atoms with Crippen molar-refractivity contribution in [3.8, 4) is 0 Å². The first-order chi connectivity index (χ1) is 8.29. The summed E-state index contributed by atoms with van der Waals surface area (Å²) in [5.41, 5.74) is 0. The lowest BCUT2D eigenvalue weighted by molar-refractivity contribution is 0.0682. The fraction of sp³-hybridized carbons (Fsp3) is 0.417. The summed E-state index contributed by atoms with van der Waals surface area (Å²) >= 11 is 3.21. The summed E-state index contributed by atoms with van der Waals surface area (Å²) in [5, 5.41) is 11.3. The minimum Gasteiger partial charge on any atom is -0.394 e. The van der Waals surface area contributed by atoms with Crippen LogP contribution < -0.4 is 0 Å². The average molecular weight is 267 g/mol. The van der Waals surface area contributed by atoms with Gasteiger partial charge in [0, 0.05) is 15.9 Å². The number of likely N-dealkylation sites (tertiary alicyclic amines) is 1. The number of carbonyl (C=O) groups is 1. The van der Waals surface area contributed by atoms with Crippen molar-refractivity contribution >= 4 is 38.0 Å². The molecule has 0 bridgehead atoms. The Balaban J connectivity index is 1.88. The van der Waals surface area contributed by atoms with Crippen LogP contribution in [0.5, 0.6) is 0 Å². The molecule has 0 aromatic carbocycles. The molecule has 1 fully saturated rings. The summed E-state index contributed by atoms with van der Waals surface area (Å²) in [6, 6.07) is 4.04. The van der Waals surface area contributed by atoms with E-state index >= 15 is 0 Å². The number of rotatable bonds is 2. The Hall–Kier alpha value is -0.910. The molecule has 1 amide bonds. The maximum absolute atomic E-state index is 12.3. The molecule has 0 spiro atoms. The molecular weight excluding hydrogens is 254 g/mol. The monoisotopic (exact) mass is 267 g/mol. The van der Waals surface area contributed by atoms with Crippen LogP contribution in [0.15, 0.2) is 17.5 Å². The van der Waals surface area contributed by atoms with Crippen molar-refractivity contribution in [3.63, 3.8) is 0 Å². The standard InChI is InChI=1S/C12H13NO2S2/c14-7-8-2-1-4-13(8)12(15)11-6-10-9(17-11)3-5-16-10/h3,5-6,8,14H,1-2,4,7H2. The topological polar surface area (TPSA) is 40.5 Å². The number of hydrogen-bond donors (Lipinski definition) is 1. The molecule has 1 atom stereocenters. The quantitative estimate of drug-likeness (QED) is 0.908. The molecule has 2 aromatic rings. The summed E-state index contributed by atoms with van der Waals surface area (Å²) in [6.07, 6.45) is 1.92. The zero-order valence-electron chi connectivity index (χ0n) is 9.26. The van der Waals surface area contributed by atoms with Gasteiger partial charge in [0.2, 0.25) is 0 Å². The van der Waals surface area contributed by atoms with E-state index in [9.17, 15) is 9.90 Å². The third-order valence-corrected chi connectivity index (χ3v) is 5.28. The number of nitrogens with zero attached hydrogens (tertiary/aromatic N) is 1. The van der Waals surface area contributed by atoms with Crippen LogP contribution in [0.1, 0.15) is 22.5 Å². The van der Waals surface area contributed by atoms with E-state index in [1.807, 2.05) is 16.3 Å². The first-order valence-corrected chi connectivity index (χ1v) is 7.38. The third kappa shape index (κ3) is 1.88. The van der Waals surface area contributed by atoms with E-state index in [2.05, 4.69) is 6.07 Å². The highest BCUT2D eigenvalue weighted by atomic mass is 32.1. The van der Waals surface area contributed by atoms with E-state index in [0.29, 0.717) is 0 Å². The van der Waals surface area contributed by atoms with Gasteiger partial charge in [-0.05, 0) is 30.4 Å². The number of aliphatic hydroxyl groups excluding tert-OH is 1. The normalized spacial score (nSPS) is 20.3. The minimum absolute atomic E-state index is 0.0163. The Bertz CT molecular complexity index is 517. The third-order valence-electron chi connectivity index (χ3n) is 3.20. The SMILES string of the molecule is O=C(c1cc2sccc2s1)N1CCCC1CO. The van der Waals surface area contributed by atoms with Crippen molar-refractivity contribution in [2.45, 2.75) is 18.9 Å². The molecule has 0 saturated carbocycles. The Kier molecular flexibility index (Phi) is 2.90. The molecule has 3 heterocycles. The minimum atomic E-state index is 0.0163. The molecule has 1 unspecified atom stereocenters. The molecular formula is C12H13NO2S2.